The summed E-state index contributed by atoms with van der Waals surface area (Å²) in [4.78, 5) is 17.6. The molecule has 0 radical (unpaired) electrons. The van der Waals surface area contributed by atoms with E-state index in [1.54, 1.807) is 0 Å². The molecule has 0 atom stereocenters. The third-order valence-corrected chi connectivity index (χ3v) is 2.76. The minimum Gasteiger partial charge on any atom is -0.329 e. The summed E-state index contributed by atoms with van der Waals surface area (Å²) in [5.41, 5.74) is 2.50. The van der Waals surface area contributed by atoms with Crippen molar-refractivity contribution in [2.45, 2.75) is 13.1 Å². The summed E-state index contributed by atoms with van der Waals surface area (Å²) in [5.74, 6) is 0.754. The number of rotatable bonds is 0. The maximum Gasteiger partial charge on any atom is 0.246 e. The topological polar surface area (TPSA) is 44.7 Å². The van der Waals surface area contributed by atoms with Crippen molar-refractivity contribution >= 4 is 11.9 Å². The van der Waals surface area contributed by atoms with Crippen molar-refractivity contribution in [2.75, 3.05) is 6.54 Å². The fraction of sp³-hybridized carbons (Fsp3) is 0.273. The molecule has 4 heteroatoms. The van der Waals surface area contributed by atoms with E-state index in [-0.39, 0.29) is 5.91 Å². The fourth-order valence-electron chi connectivity index (χ4n) is 1.99. The lowest BCUT2D eigenvalue weighted by Gasteiger charge is -2.14. The van der Waals surface area contributed by atoms with E-state index < -0.39 is 0 Å². The first-order valence-electron chi connectivity index (χ1n) is 4.99. The van der Waals surface area contributed by atoms with Gasteiger partial charge in [-0.3, -0.25) is 10.1 Å². The van der Waals surface area contributed by atoms with Crippen LogP contribution < -0.4 is 5.32 Å². The van der Waals surface area contributed by atoms with E-state index >= 15 is 0 Å². The van der Waals surface area contributed by atoms with Crippen LogP contribution in [0.3, 0.4) is 0 Å². The van der Waals surface area contributed by atoms with Crippen molar-refractivity contribution in [1.29, 1.82) is 0 Å². The molecule has 15 heavy (non-hydrogen) atoms. The second kappa shape index (κ2) is 3.08. The number of hydrogen-bond acceptors (Lipinski definition) is 3. The highest BCUT2D eigenvalue weighted by atomic mass is 16.2. The van der Waals surface area contributed by atoms with Crippen LogP contribution >= 0.6 is 0 Å². The second-order valence-electron chi connectivity index (χ2n) is 3.81. The van der Waals surface area contributed by atoms with Gasteiger partial charge in [-0.25, -0.2) is 4.99 Å². The Kier molecular flexibility index (Phi) is 1.74. The molecule has 0 unspecified atom stereocenters. The average Bonchev–Trinajstić information content (AvgIpc) is 2.49. The highest BCUT2D eigenvalue weighted by Gasteiger charge is 2.26. The minimum atomic E-state index is 0.0353. The van der Waals surface area contributed by atoms with Crippen molar-refractivity contribution in [3.63, 3.8) is 0 Å². The summed E-state index contributed by atoms with van der Waals surface area (Å²) >= 11 is 0. The average molecular weight is 201 g/mol. The predicted molar refractivity (Wildman–Crippen MR) is 56.1 cm³/mol. The molecule has 2 aliphatic rings. The first-order valence-corrected chi connectivity index (χ1v) is 4.99. The highest BCUT2D eigenvalue weighted by molar-refractivity contribution is 6.04. The Hall–Kier alpha value is -1.84. The largest absolute Gasteiger partial charge is 0.329 e. The van der Waals surface area contributed by atoms with Crippen LogP contribution in [-0.4, -0.2) is 23.3 Å². The molecule has 1 saturated heterocycles. The minimum absolute atomic E-state index is 0.0353. The molecule has 0 spiro atoms. The standard InChI is InChI=1S/C11H11N3O/c15-10-7-14-6-9-4-2-1-3-8(9)5-12-11(14)13-10/h1-4H,5-7H2,(H,12,13,15). The molecule has 0 bridgehead atoms. The third kappa shape index (κ3) is 1.38. The van der Waals surface area contributed by atoms with Gasteiger partial charge in [-0.15, -0.1) is 0 Å². The number of amides is 1. The Morgan fingerprint density at radius 1 is 1.20 bits per heavy atom. The van der Waals surface area contributed by atoms with Crippen LogP contribution in [0.25, 0.3) is 0 Å². The number of fused-ring (bicyclic) bond motifs is 2. The van der Waals surface area contributed by atoms with Gasteiger partial charge in [0.25, 0.3) is 0 Å². The van der Waals surface area contributed by atoms with Gasteiger partial charge in [0, 0.05) is 6.54 Å². The van der Waals surface area contributed by atoms with Gasteiger partial charge in [-0.05, 0) is 11.1 Å². The van der Waals surface area contributed by atoms with Crippen LogP contribution in [0.2, 0.25) is 0 Å². The Morgan fingerprint density at radius 2 is 2.00 bits per heavy atom. The van der Waals surface area contributed by atoms with Crippen LogP contribution in [0.5, 0.6) is 0 Å². The van der Waals surface area contributed by atoms with Crippen molar-refractivity contribution in [3.05, 3.63) is 35.4 Å². The summed E-state index contributed by atoms with van der Waals surface area (Å²) < 4.78 is 0. The molecule has 1 aromatic rings. The zero-order valence-electron chi connectivity index (χ0n) is 8.23. The number of aliphatic imine (C=N–C) groups is 1. The molecule has 0 saturated carbocycles. The highest BCUT2D eigenvalue weighted by Crippen LogP contribution is 2.18. The maximum absolute atomic E-state index is 11.2. The molecule has 0 aliphatic carbocycles. The Bertz CT molecular complexity index is 453. The zero-order chi connectivity index (χ0) is 10.3. The number of carbonyl (C=O) groups is 1. The normalized spacial score (nSPS) is 18.8. The van der Waals surface area contributed by atoms with Gasteiger partial charge >= 0.3 is 0 Å². The fourth-order valence-corrected chi connectivity index (χ4v) is 1.99. The predicted octanol–water partition coefficient (Wildman–Crippen LogP) is 0.488. The molecule has 76 valence electrons. The van der Waals surface area contributed by atoms with E-state index in [1.807, 2.05) is 17.0 Å². The molecular weight excluding hydrogens is 190 g/mol. The molecule has 1 aromatic carbocycles. The lowest BCUT2D eigenvalue weighted by atomic mass is 10.1. The van der Waals surface area contributed by atoms with Crippen molar-refractivity contribution in [1.82, 2.24) is 10.2 Å². The molecule has 3 rings (SSSR count). The Labute approximate surface area is 87.6 Å². The third-order valence-electron chi connectivity index (χ3n) is 2.76. The summed E-state index contributed by atoms with van der Waals surface area (Å²) in [6.07, 6.45) is 0. The molecule has 1 N–H and O–H groups in total. The molecule has 4 nitrogen and oxygen atoms in total. The van der Waals surface area contributed by atoms with E-state index in [0.29, 0.717) is 13.1 Å². The summed E-state index contributed by atoms with van der Waals surface area (Å²) in [5, 5.41) is 2.77. The number of benzene rings is 1. The van der Waals surface area contributed by atoms with Crippen molar-refractivity contribution in [2.24, 2.45) is 4.99 Å². The van der Waals surface area contributed by atoms with Gasteiger partial charge in [0.05, 0.1) is 6.54 Å². The van der Waals surface area contributed by atoms with Gasteiger partial charge in [-0.2, -0.15) is 0 Å². The number of guanidine groups is 1. The van der Waals surface area contributed by atoms with Crippen LogP contribution in [0.1, 0.15) is 11.1 Å². The molecule has 1 fully saturated rings. The first kappa shape index (κ1) is 8.47. The number of carbonyl (C=O) groups excluding carboxylic acids is 1. The number of nitrogens with zero attached hydrogens (tertiary/aromatic N) is 2. The number of nitrogens with one attached hydrogen (secondary N) is 1. The SMILES string of the molecule is O=C1CN2Cc3ccccc3CN=C2N1. The van der Waals surface area contributed by atoms with E-state index in [2.05, 4.69) is 22.4 Å². The quantitative estimate of drug-likeness (QED) is 0.664. The van der Waals surface area contributed by atoms with Crippen LogP contribution in [0, 0.1) is 0 Å². The molecule has 1 amide bonds. The van der Waals surface area contributed by atoms with E-state index in [1.165, 1.54) is 11.1 Å². The zero-order valence-corrected chi connectivity index (χ0v) is 8.23. The van der Waals surface area contributed by atoms with Gasteiger partial charge in [0.15, 0.2) is 0 Å². The Morgan fingerprint density at radius 3 is 2.87 bits per heavy atom. The van der Waals surface area contributed by atoms with Gasteiger partial charge < -0.3 is 4.90 Å². The molecular formula is C11H11N3O. The van der Waals surface area contributed by atoms with E-state index in [0.717, 1.165) is 12.5 Å². The lowest BCUT2D eigenvalue weighted by molar-refractivity contribution is -0.118. The lowest BCUT2D eigenvalue weighted by Crippen LogP contribution is -2.28. The van der Waals surface area contributed by atoms with Gasteiger partial charge in [-0.1, -0.05) is 24.3 Å². The smallest absolute Gasteiger partial charge is 0.246 e. The van der Waals surface area contributed by atoms with Crippen LogP contribution in [-0.2, 0) is 17.9 Å². The van der Waals surface area contributed by atoms with E-state index in [4.69, 9.17) is 0 Å². The molecule has 2 heterocycles. The van der Waals surface area contributed by atoms with E-state index in [9.17, 15) is 4.79 Å². The summed E-state index contributed by atoms with van der Waals surface area (Å²) in [6.45, 7) is 1.85. The van der Waals surface area contributed by atoms with Crippen molar-refractivity contribution < 1.29 is 4.79 Å². The van der Waals surface area contributed by atoms with Gasteiger partial charge in [0.2, 0.25) is 11.9 Å². The maximum atomic E-state index is 11.2. The molecule has 2 aliphatic heterocycles. The monoisotopic (exact) mass is 201 g/mol. The first-order chi connectivity index (χ1) is 7.33. The molecule has 0 aromatic heterocycles. The second-order valence-corrected chi connectivity index (χ2v) is 3.81. The summed E-state index contributed by atoms with van der Waals surface area (Å²) in [7, 11) is 0. The number of hydrogen-bond donors (Lipinski definition) is 1. The van der Waals surface area contributed by atoms with Gasteiger partial charge in [0.1, 0.15) is 6.54 Å². The van der Waals surface area contributed by atoms with Crippen LogP contribution in [0.4, 0.5) is 0 Å². The van der Waals surface area contributed by atoms with Crippen LogP contribution in [0.15, 0.2) is 29.3 Å². The summed E-state index contributed by atoms with van der Waals surface area (Å²) in [6, 6.07) is 8.23. The Balaban J connectivity index is 1.99. The van der Waals surface area contributed by atoms with Crippen molar-refractivity contribution in [3.8, 4) is 0 Å².